The molecule has 0 spiro atoms. The second kappa shape index (κ2) is 2.54. The normalized spacial score (nSPS) is 9.73. The van der Waals surface area contributed by atoms with E-state index < -0.39 is 0 Å². The molecule has 52 valence electrons. The van der Waals surface area contributed by atoms with Gasteiger partial charge in [-0.15, -0.1) is 0 Å². The summed E-state index contributed by atoms with van der Waals surface area (Å²) in [6.45, 7) is 0. The molecule has 1 heterocycles. The quantitative estimate of drug-likeness (QED) is 0.467. The van der Waals surface area contributed by atoms with Crippen molar-refractivity contribution in [2.24, 2.45) is 0 Å². The molecule has 2 rings (SSSR count). The monoisotopic (exact) mass is 207 g/mol. The van der Waals surface area contributed by atoms with Gasteiger partial charge in [-0.3, -0.25) is 0 Å². The molecule has 0 atom stereocenters. The van der Waals surface area contributed by atoms with E-state index in [4.69, 9.17) is 6.42 Å². The van der Waals surface area contributed by atoms with Crippen molar-refractivity contribution in [2.45, 2.75) is 0 Å². The number of para-hydroxylation sites is 1. The van der Waals surface area contributed by atoms with Crippen molar-refractivity contribution in [2.75, 3.05) is 0 Å². The summed E-state index contributed by atoms with van der Waals surface area (Å²) in [5, 5.41) is 0. The SMILES string of the molecule is C#Cc1nc2ccccc2[se]1. The van der Waals surface area contributed by atoms with E-state index in [-0.39, 0.29) is 14.5 Å². The fourth-order valence-corrected chi connectivity index (χ4v) is 2.56. The van der Waals surface area contributed by atoms with Crippen molar-refractivity contribution < 1.29 is 0 Å². The Morgan fingerprint density at radius 1 is 1.36 bits per heavy atom. The second-order valence-corrected chi connectivity index (χ2v) is 4.29. The molecule has 1 aromatic carbocycles. The molecular formula is C9H5NSe. The van der Waals surface area contributed by atoms with E-state index in [2.05, 4.69) is 17.0 Å². The van der Waals surface area contributed by atoms with E-state index in [0.717, 1.165) is 10.1 Å². The first-order valence-corrected chi connectivity index (χ1v) is 4.93. The summed E-state index contributed by atoms with van der Waals surface area (Å²) in [6, 6.07) is 8.10. The summed E-state index contributed by atoms with van der Waals surface area (Å²) in [7, 11) is 0. The zero-order chi connectivity index (χ0) is 7.68. The molecule has 0 bridgehead atoms. The third kappa shape index (κ3) is 1.09. The summed E-state index contributed by atoms with van der Waals surface area (Å²) >= 11 is 0.283. The Hall–Kier alpha value is -1.03. The van der Waals surface area contributed by atoms with Crippen molar-refractivity contribution in [3.8, 4) is 12.3 Å². The number of nitrogens with zero attached hydrogens (tertiary/aromatic N) is 1. The number of hydrogen-bond donors (Lipinski definition) is 0. The van der Waals surface area contributed by atoms with Crippen molar-refractivity contribution in [3.63, 3.8) is 0 Å². The molecule has 1 nitrogen and oxygen atoms in total. The van der Waals surface area contributed by atoms with Crippen molar-refractivity contribution in [1.82, 2.24) is 4.98 Å². The van der Waals surface area contributed by atoms with Crippen LogP contribution in [0.15, 0.2) is 24.3 Å². The van der Waals surface area contributed by atoms with Crippen LogP contribution >= 0.6 is 0 Å². The van der Waals surface area contributed by atoms with Gasteiger partial charge in [-0.25, -0.2) is 0 Å². The molecule has 0 aliphatic rings. The molecule has 0 saturated carbocycles. The Bertz CT molecular complexity index is 389. The van der Waals surface area contributed by atoms with Gasteiger partial charge >= 0.3 is 70.4 Å². The van der Waals surface area contributed by atoms with Gasteiger partial charge in [0.1, 0.15) is 0 Å². The molecule has 2 aromatic rings. The Kier molecular flexibility index (Phi) is 1.54. The number of hydrogen-bond acceptors (Lipinski definition) is 1. The van der Waals surface area contributed by atoms with Crippen LogP contribution < -0.4 is 0 Å². The van der Waals surface area contributed by atoms with Gasteiger partial charge in [-0.05, 0) is 0 Å². The summed E-state index contributed by atoms with van der Waals surface area (Å²) in [6.07, 6.45) is 5.25. The number of fused-ring (bicyclic) bond motifs is 1. The van der Waals surface area contributed by atoms with Gasteiger partial charge in [-0.2, -0.15) is 0 Å². The Labute approximate surface area is 70.8 Å². The van der Waals surface area contributed by atoms with E-state index in [1.807, 2.05) is 18.2 Å². The molecule has 11 heavy (non-hydrogen) atoms. The van der Waals surface area contributed by atoms with Crippen LogP contribution in [-0.2, 0) is 0 Å². The van der Waals surface area contributed by atoms with Gasteiger partial charge in [0.05, 0.1) is 0 Å². The molecular weight excluding hydrogens is 201 g/mol. The van der Waals surface area contributed by atoms with Gasteiger partial charge in [0.15, 0.2) is 0 Å². The van der Waals surface area contributed by atoms with E-state index in [1.165, 1.54) is 4.26 Å². The Morgan fingerprint density at radius 2 is 2.18 bits per heavy atom. The molecule has 0 N–H and O–H groups in total. The summed E-state index contributed by atoms with van der Waals surface area (Å²) in [5.41, 5.74) is 1.06. The molecule has 0 aliphatic carbocycles. The number of aromatic nitrogens is 1. The predicted molar refractivity (Wildman–Crippen MR) is 46.6 cm³/mol. The van der Waals surface area contributed by atoms with E-state index in [9.17, 15) is 0 Å². The van der Waals surface area contributed by atoms with Crippen LogP contribution in [0.5, 0.6) is 0 Å². The minimum atomic E-state index is 0.283. The van der Waals surface area contributed by atoms with Gasteiger partial charge in [0, 0.05) is 0 Å². The fraction of sp³-hybridized carbons (Fsp3) is 0. The minimum absolute atomic E-state index is 0.283. The summed E-state index contributed by atoms with van der Waals surface area (Å²) in [4.78, 5) is 4.28. The molecule has 2 heteroatoms. The fourth-order valence-electron chi connectivity index (χ4n) is 0.934. The molecule has 1 aromatic heterocycles. The molecule has 0 radical (unpaired) electrons. The van der Waals surface area contributed by atoms with Crippen LogP contribution in [0.25, 0.3) is 9.78 Å². The molecule has 0 fully saturated rings. The number of terminal acetylenes is 1. The molecule has 0 unspecified atom stereocenters. The summed E-state index contributed by atoms with van der Waals surface area (Å²) in [5.74, 6) is 2.59. The average Bonchev–Trinajstić information content (AvgIpc) is 2.46. The topological polar surface area (TPSA) is 12.9 Å². The van der Waals surface area contributed by atoms with E-state index in [1.54, 1.807) is 0 Å². The first-order chi connectivity index (χ1) is 5.40. The Balaban J connectivity index is 2.81. The van der Waals surface area contributed by atoms with Crippen LogP contribution in [0.2, 0.25) is 0 Å². The van der Waals surface area contributed by atoms with E-state index in [0.29, 0.717) is 0 Å². The second-order valence-electron chi connectivity index (χ2n) is 2.13. The van der Waals surface area contributed by atoms with Crippen LogP contribution in [-0.4, -0.2) is 19.5 Å². The van der Waals surface area contributed by atoms with Crippen LogP contribution in [0.1, 0.15) is 4.57 Å². The van der Waals surface area contributed by atoms with Crippen LogP contribution in [0.4, 0.5) is 0 Å². The van der Waals surface area contributed by atoms with Crippen LogP contribution in [0, 0.1) is 12.3 Å². The van der Waals surface area contributed by atoms with Gasteiger partial charge in [0.2, 0.25) is 0 Å². The van der Waals surface area contributed by atoms with Gasteiger partial charge < -0.3 is 0 Å². The molecule has 0 saturated heterocycles. The molecule has 0 amide bonds. The van der Waals surface area contributed by atoms with Crippen molar-refractivity contribution >= 4 is 24.3 Å². The predicted octanol–water partition coefficient (Wildman–Crippen LogP) is 1.27. The zero-order valence-electron chi connectivity index (χ0n) is 5.74. The van der Waals surface area contributed by atoms with Gasteiger partial charge in [0.25, 0.3) is 0 Å². The van der Waals surface area contributed by atoms with Crippen molar-refractivity contribution in [3.05, 3.63) is 28.8 Å². The number of benzene rings is 1. The van der Waals surface area contributed by atoms with E-state index >= 15 is 0 Å². The first-order valence-electron chi connectivity index (χ1n) is 3.22. The van der Waals surface area contributed by atoms with Crippen LogP contribution in [0.3, 0.4) is 0 Å². The van der Waals surface area contributed by atoms with Gasteiger partial charge in [-0.1, -0.05) is 0 Å². The third-order valence-electron chi connectivity index (χ3n) is 1.42. The average molecular weight is 206 g/mol. The maximum atomic E-state index is 5.25. The standard InChI is InChI=1S/C9H5NSe/c1-2-9-10-7-5-3-4-6-8(7)11-9/h1,3-6H. The van der Waals surface area contributed by atoms with Crippen molar-refractivity contribution in [1.29, 1.82) is 0 Å². The Morgan fingerprint density at radius 3 is 2.91 bits per heavy atom. The summed E-state index contributed by atoms with van der Waals surface area (Å²) < 4.78 is 2.20. The molecule has 0 aliphatic heterocycles. The number of rotatable bonds is 0. The first kappa shape index (κ1) is 6.67. The third-order valence-corrected chi connectivity index (χ3v) is 3.45. The maximum absolute atomic E-state index is 5.25. The zero-order valence-corrected chi connectivity index (χ0v) is 7.46.